The van der Waals surface area contributed by atoms with Crippen LogP contribution in [0.15, 0.2) is 47.4 Å². The average molecular weight is 284 g/mol. The van der Waals surface area contributed by atoms with Gasteiger partial charge in [-0.3, -0.25) is 0 Å². The first-order chi connectivity index (χ1) is 9.04. The van der Waals surface area contributed by atoms with Gasteiger partial charge in [-0.25, -0.2) is 13.2 Å². The van der Waals surface area contributed by atoms with E-state index in [1.165, 1.54) is 23.9 Å². The Bertz CT molecular complexity index is 554. The van der Waals surface area contributed by atoms with E-state index in [0.717, 1.165) is 18.2 Å². The molecule has 0 amide bonds. The molecular formula is C14H11F3OS. The molecule has 1 nitrogen and oxygen atoms in total. The molecule has 0 fully saturated rings. The number of hydrogen-bond donors (Lipinski definition) is 1. The van der Waals surface area contributed by atoms with Gasteiger partial charge in [-0.05, 0) is 35.9 Å². The van der Waals surface area contributed by atoms with Gasteiger partial charge in [-0.1, -0.05) is 6.07 Å². The lowest BCUT2D eigenvalue weighted by molar-refractivity contribution is 0.203. The van der Waals surface area contributed by atoms with Crippen molar-refractivity contribution in [2.75, 3.05) is 5.75 Å². The van der Waals surface area contributed by atoms with Gasteiger partial charge in [0.15, 0.2) is 0 Å². The molecule has 0 heterocycles. The van der Waals surface area contributed by atoms with Gasteiger partial charge < -0.3 is 5.11 Å². The quantitative estimate of drug-likeness (QED) is 0.858. The summed E-state index contributed by atoms with van der Waals surface area (Å²) in [5.41, 5.74) is 0.168. The molecule has 2 aromatic carbocycles. The van der Waals surface area contributed by atoms with Crippen molar-refractivity contribution < 1.29 is 18.3 Å². The Kier molecular flexibility index (Phi) is 4.50. The summed E-state index contributed by atoms with van der Waals surface area (Å²) in [4.78, 5) is 0.649. The summed E-state index contributed by atoms with van der Waals surface area (Å²) >= 11 is 1.21. The summed E-state index contributed by atoms with van der Waals surface area (Å²) in [7, 11) is 0. The van der Waals surface area contributed by atoms with Crippen LogP contribution in [0.1, 0.15) is 11.7 Å². The second kappa shape index (κ2) is 6.12. The Morgan fingerprint density at radius 1 is 0.947 bits per heavy atom. The van der Waals surface area contributed by atoms with Gasteiger partial charge in [0.05, 0.1) is 6.10 Å². The molecule has 0 saturated carbocycles. The Morgan fingerprint density at radius 3 is 2.26 bits per heavy atom. The van der Waals surface area contributed by atoms with Gasteiger partial charge in [0.2, 0.25) is 0 Å². The normalized spacial score (nSPS) is 12.4. The fourth-order valence-electron chi connectivity index (χ4n) is 1.60. The van der Waals surface area contributed by atoms with Crippen LogP contribution in [0.3, 0.4) is 0 Å². The zero-order chi connectivity index (χ0) is 13.8. The lowest BCUT2D eigenvalue weighted by Crippen LogP contribution is -2.02. The van der Waals surface area contributed by atoms with E-state index in [4.69, 9.17) is 0 Å². The lowest BCUT2D eigenvalue weighted by Gasteiger charge is -2.11. The van der Waals surface area contributed by atoms with E-state index in [9.17, 15) is 18.3 Å². The third-order valence-electron chi connectivity index (χ3n) is 2.47. The van der Waals surface area contributed by atoms with Crippen molar-refractivity contribution in [2.45, 2.75) is 11.0 Å². The van der Waals surface area contributed by atoms with Crippen molar-refractivity contribution in [2.24, 2.45) is 0 Å². The van der Waals surface area contributed by atoms with Gasteiger partial charge >= 0.3 is 0 Å². The first kappa shape index (κ1) is 14.0. The number of hydrogen-bond acceptors (Lipinski definition) is 2. The van der Waals surface area contributed by atoms with E-state index in [0.29, 0.717) is 4.90 Å². The predicted octanol–water partition coefficient (Wildman–Crippen LogP) is 3.93. The molecule has 2 rings (SSSR count). The van der Waals surface area contributed by atoms with Gasteiger partial charge in [0.1, 0.15) is 17.5 Å². The molecule has 0 aliphatic carbocycles. The highest BCUT2D eigenvalue weighted by Crippen LogP contribution is 2.26. The van der Waals surface area contributed by atoms with Crippen LogP contribution in [-0.2, 0) is 0 Å². The van der Waals surface area contributed by atoms with Crippen molar-refractivity contribution >= 4 is 11.8 Å². The summed E-state index contributed by atoms with van der Waals surface area (Å²) in [5, 5.41) is 9.85. The molecule has 0 aromatic heterocycles. The Labute approximate surface area is 113 Å². The number of thioether (sulfide) groups is 1. The molecular weight excluding hydrogens is 273 g/mol. The minimum absolute atomic E-state index is 0.168. The summed E-state index contributed by atoms with van der Waals surface area (Å²) in [5.74, 6) is -1.64. The molecule has 0 radical (unpaired) electrons. The van der Waals surface area contributed by atoms with Crippen molar-refractivity contribution in [3.63, 3.8) is 0 Å². The van der Waals surface area contributed by atoms with E-state index >= 15 is 0 Å². The first-order valence-corrected chi connectivity index (χ1v) is 6.55. The molecule has 19 heavy (non-hydrogen) atoms. The number of halogens is 3. The zero-order valence-corrected chi connectivity index (χ0v) is 10.6. The van der Waals surface area contributed by atoms with Crippen molar-refractivity contribution in [1.29, 1.82) is 0 Å². The maximum absolute atomic E-state index is 13.0. The minimum atomic E-state index is -1.02. The second-order valence-corrected chi connectivity index (χ2v) is 5.08. The fraction of sp³-hybridized carbons (Fsp3) is 0.143. The number of rotatable bonds is 4. The Morgan fingerprint density at radius 2 is 1.63 bits per heavy atom. The smallest absolute Gasteiger partial charge is 0.126 e. The molecule has 1 unspecified atom stereocenters. The molecule has 0 spiro atoms. The van der Waals surface area contributed by atoms with Crippen molar-refractivity contribution in [1.82, 2.24) is 0 Å². The molecule has 100 valence electrons. The highest BCUT2D eigenvalue weighted by molar-refractivity contribution is 7.99. The van der Waals surface area contributed by atoms with Crippen LogP contribution in [0.25, 0.3) is 0 Å². The van der Waals surface area contributed by atoms with E-state index in [1.54, 1.807) is 12.1 Å². The minimum Gasteiger partial charge on any atom is -0.388 e. The van der Waals surface area contributed by atoms with Gasteiger partial charge in [-0.2, -0.15) is 0 Å². The number of aliphatic hydroxyl groups excluding tert-OH is 1. The van der Waals surface area contributed by atoms with E-state index < -0.39 is 17.7 Å². The van der Waals surface area contributed by atoms with Gasteiger partial charge in [0.25, 0.3) is 0 Å². The van der Waals surface area contributed by atoms with Crippen LogP contribution in [-0.4, -0.2) is 10.9 Å². The highest BCUT2D eigenvalue weighted by atomic mass is 32.2. The SMILES string of the molecule is OC(CSc1cccc(F)c1)c1cc(F)cc(F)c1. The maximum Gasteiger partial charge on any atom is 0.126 e. The summed E-state index contributed by atoms with van der Waals surface area (Å²) < 4.78 is 38.9. The molecule has 5 heteroatoms. The van der Waals surface area contributed by atoms with Crippen LogP contribution >= 0.6 is 11.8 Å². The third kappa shape index (κ3) is 4.01. The largest absolute Gasteiger partial charge is 0.388 e. The van der Waals surface area contributed by atoms with E-state index in [-0.39, 0.29) is 17.1 Å². The molecule has 0 aliphatic rings. The van der Waals surface area contributed by atoms with Crippen molar-refractivity contribution in [3.05, 3.63) is 65.5 Å². The third-order valence-corrected chi connectivity index (χ3v) is 3.54. The second-order valence-electron chi connectivity index (χ2n) is 3.99. The number of aliphatic hydroxyl groups is 1. The topological polar surface area (TPSA) is 20.2 Å². The van der Waals surface area contributed by atoms with Crippen LogP contribution in [0.5, 0.6) is 0 Å². The molecule has 0 aliphatic heterocycles. The van der Waals surface area contributed by atoms with Crippen LogP contribution in [0.2, 0.25) is 0 Å². The number of benzene rings is 2. The van der Waals surface area contributed by atoms with E-state index in [1.807, 2.05) is 0 Å². The standard InChI is InChI=1S/C14H11F3OS/c15-10-2-1-3-13(7-10)19-8-14(18)9-4-11(16)6-12(17)5-9/h1-7,14,18H,8H2. The molecule has 0 bridgehead atoms. The van der Waals surface area contributed by atoms with Gasteiger partial charge in [-0.15, -0.1) is 11.8 Å². The average Bonchev–Trinajstić information content (AvgIpc) is 2.35. The highest BCUT2D eigenvalue weighted by Gasteiger charge is 2.11. The lowest BCUT2D eigenvalue weighted by atomic mass is 10.1. The monoisotopic (exact) mass is 284 g/mol. The maximum atomic E-state index is 13.0. The summed E-state index contributed by atoms with van der Waals surface area (Å²) in [6, 6.07) is 8.83. The zero-order valence-electron chi connectivity index (χ0n) is 9.82. The molecule has 2 aromatic rings. The van der Waals surface area contributed by atoms with Crippen molar-refractivity contribution in [3.8, 4) is 0 Å². The predicted molar refractivity (Wildman–Crippen MR) is 68.4 cm³/mol. The van der Waals surface area contributed by atoms with Crippen LogP contribution < -0.4 is 0 Å². The molecule has 0 saturated heterocycles. The first-order valence-electron chi connectivity index (χ1n) is 5.57. The Hall–Kier alpha value is -1.46. The Balaban J connectivity index is 2.03. The summed E-state index contributed by atoms with van der Waals surface area (Å²) in [6.45, 7) is 0. The molecule has 1 N–H and O–H groups in total. The van der Waals surface area contributed by atoms with Crippen LogP contribution in [0.4, 0.5) is 13.2 Å². The van der Waals surface area contributed by atoms with E-state index in [2.05, 4.69) is 0 Å². The molecule has 1 atom stereocenters. The summed E-state index contributed by atoms with van der Waals surface area (Å²) in [6.07, 6.45) is -1.02. The van der Waals surface area contributed by atoms with Gasteiger partial charge in [0, 0.05) is 16.7 Å². The fourth-order valence-corrected chi connectivity index (χ4v) is 2.51. The van der Waals surface area contributed by atoms with Crippen LogP contribution in [0, 0.1) is 17.5 Å².